The second-order valence-corrected chi connectivity index (χ2v) is 8.94. The number of alkyl halides is 3. The Kier molecular flexibility index (Phi) is 6.50. The highest BCUT2D eigenvalue weighted by Crippen LogP contribution is 2.49. The monoisotopic (exact) mass is 444 g/mol. The molecule has 3 heterocycles. The maximum Gasteiger partial charge on any atom is 0.419 e. The average molecular weight is 445 g/mol. The molecule has 2 aromatic heterocycles. The number of rotatable bonds is 6. The highest BCUT2D eigenvalue weighted by atomic mass is 19.4. The van der Waals surface area contributed by atoms with Gasteiger partial charge < -0.3 is 10.1 Å². The molecule has 2 aliphatic rings. The number of ether oxygens (including phenoxy) is 1. The third kappa shape index (κ3) is 4.79. The van der Waals surface area contributed by atoms with Crippen molar-refractivity contribution in [2.24, 2.45) is 0 Å². The fraction of sp³-hybridized carbons (Fsp3) is 0.542. The van der Waals surface area contributed by atoms with Gasteiger partial charge >= 0.3 is 6.18 Å². The van der Waals surface area contributed by atoms with Gasteiger partial charge in [0.1, 0.15) is 6.07 Å². The molecule has 1 atom stereocenters. The summed E-state index contributed by atoms with van der Waals surface area (Å²) >= 11 is 0. The largest absolute Gasteiger partial charge is 0.419 e. The Morgan fingerprint density at radius 2 is 1.97 bits per heavy atom. The van der Waals surface area contributed by atoms with Crippen LogP contribution in [-0.4, -0.2) is 28.7 Å². The minimum Gasteiger partial charge on any atom is -0.375 e. The zero-order valence-electron chi connectivity index (χ0n) is 17.9. The topological polar surface area (TPSA) is 70.8 Å². The van der Waals surface area contributed by atoms with Gasteiger partial charge in [0, 0.05) is 36.7 Å². The van der Waals surface area contributed by atoms with Crippen LogP contribution in [0, 0.1) is 11.3 Å². The van der Waals surface area contributed by atoms with Crippen LogP contribution < -0.4 is 5.32 Å². The highest BCUT2D eigenvalue weighted by molar-refractivity contribution is 5.35. The van der Waals surface area contributed by atoms with Crippen LogP contribution in [0.5, 0.6) is 0 Å². The van der Waals surface area contributed by atoms with E-state index in [9.17, 15) is 13.2 Å². The molecule has 1 saturated carbocycles. The van der Waals surface area contributed by atoms with Gasteiger partial charge in [-0.1, -0.05) is 18.9 Å². The maximum absolute atomic E-state index is 13.2. The molecule has 1 unspecified atom stereocenters. The summed E-state index contributed by atoms with van der Waals surface area (Å²) < 4.78 is 45.9. The fourth-order valence-electron chi connectivity index (χ4n) is 5.27. The van der Waals surface area contributed by atoms with Crippen molar-refractivity contribution in [1.82, 2.24) is 15.3 Å². The van der Waals surface area contributed by atoms with Gasteiger partial charge in [-0.15, -0.1) is 0 Å². The van der Waals surface area contributed by atoms with Crippen molar-refractivity contribution in [3.63, 3.8) is 0 Å². The molecule has 4 rings (SSSR count). The Morgan fingerprint density at radius 1 is 1.16 bits per heavy atom. The van der Waals surface area contributed by atoms with Gasteiger partial charge in [0.05, 0.1) is 11.2 Å². The minimum absolute atomic E-state index is 0.0750. The van der Waals surface area contributed by atoms with Crippen molar-refractivity contribution in [3.05, 3.63) is 59.2 Å². The standard InChI is InChI=1S/C24H27F3N4O/c25-24(26,27)19-13-18(16-31-20(19)14-28)15-29-11-8-22(21-5-1-4-10-30-21)9-12-32-23(17-22)6-2-3-7-23/h1,4-5,10,13,16,29H,2-3,6-9,11-12,15,17H2. The lowest BCUT2D eigenvalue weighted by molar-refractivity contribution is -0.138. The third-order valence-electron chi connectivity index (χ3n) is 6.84. The minimum atomic E-state index is -4.60. The Balaban J connectivity index is 1.45. The SMILES string of the molecule is N#Cc1ncc(CNCCC2(c3ccccn3)CCOC3(CCCC3)C2)cc1C(F)(F)F. The van der Waals surface area contributed by atoms with Crippen LogP contribution in [0.2, 0.25) is 0 Å². The number of halogens is 3. The predicted octanol–water partition coefficient (Wildman–Crippen LogP) is 4.91. The van der Waals surface area contributed by atoms with E-state index in [0.717, 1.165) is 43.9 Å². The van der Waals surface area contributed by atoms with E-state index in [2.05, 4.69) is 21.4 Å². The van der Waals surface area contributed by atoms with Crippen LogP contribution in [0.15, 0.2) is 36.7 Å². The molecule has 2 aromatic rings. The number of nitrogens with one attached hydrogen (secondary N) is 1. The van der Waals surface area contributed by atoms with Gasteiger partial charge in [0.25, 0.3) is 0 Å². The van der Waals surface area contributed by atoms with Crippen molar-refractivity contribution >= 4 is 0 Å². The van der Waals surface area contributed by atoms with E-state index < -0.39 is 17.4 Å². The Hall–Kier alpha value is -2.50. The summed E-state index contributed by atoms with van der Waals surface area (Å²) in [5.74, 6) is 0. The summed E-state index contributed by atoms with van der Waals surface area (Å²) in [5, 5.41) is 12.2. The number of nitrogens with zero attached hydrogens (tertiary/aromatic N) is 3. The van der Waals surface area contributed by atoms with Crippen molar-refractivity contribution in [3.8, 4) is 6.07 Å². The van der Waals surface area contributed by atoms with Crippen LogP contribution in [0.3, 0.4) is 0 Å². The molecule has 2 fully saturated rings. The van der Waals surface area contributed by atoms with Crippen LogP contribution >= 0.6 is 0 Å². The number of hydrogen-bond acceptors (Lipinski definition) is 5. The van der Waals surface area contributed by atoms with Crippen molar-refractivity contribution < 1.29 is 17.9 Å². The summed E-state index contributed by atoms with van der Waals surface area (Å²) in [6, 6.07) is 8.52. The summed E-state index contributed by atoms with van der Waals surface area (Å²) in [7, 11) is 0. The molecule has 32 heavy (non-hydrogen) atoms. The molecule has 0 amide bonds. The van der Waals surface area contributed by atoms with E-state index in [4.69, 9.17) is 10.00 Å². The second kappa shape index (κ2) is 9.16. The molecule has 1 N–H and O–H groups in total. The van der Waals surface area contributed by atoms with Crippen molar-refractivity contribution in [2.75, 3.05) is 13.2 Å². The number of pyridine rings is 2. The van der Waals surface area contributed by atoms with Crippen LogP contribution in [-0.2, 0) is 22.9 Å². The molecular formula is C24H27F3N4O. The zero-order chi connectivity index (χ0) is 22.7. The van der Waals surface area contributed by atoms with Gasteiger partial charge in [-0.3, -0.25) is 4.98 Å². The number of aromatic nitrogens is 2. The van der Waals surface area contributed by atoms with Gasteiger partial charge in [0.2, 0.25) is 0 Å². The molecule has 0 bridgehead atoms. The van der Waals surface area contributed by atoms with E-state index >= 15 is 0 Å². The molecule has 1 saturated heterocycles. The normalized spacial score (nSPS) is 22.7. The smallest absolute Gasteiger partial charge is 0.375 e. The molecule has 170 valence electrons. The van der Waals surface area contributed by atoms with Gasteiger partial charge in [-0.05, 0) is 62.4 Å². The van der Waals surface area contributed by atoms with Crippen LogP contribution in [0.1, 0.15) is 67.5 Å². The average Bonchev–Trinajstić information content (AvgIpc) is 3.24. The molecule has 1 spiro atoms. The fourth-order valence-corrected chi connectivity index (χ4v) is 5.27. The molecule has 8 heteroatoms. The van der Waals surface area contributed by atoms with Crippen molar-refractivity contribution in [2.45, 2.75) is 68.7 Å². The number of nitriles is 1. The van der Waals surface area contributed by atoms with E-state index in [-0.39, 0.29) is 17.6 Å². The molecule has 1 aliphatic carbocycles. The number of hydrogen-bond donors (Lipinski definition) is 1. The zero-order valence-corrected chi connectivity index (χ0v) is 17.9. The summed E-state index contributed by atoms with van der Waals surface area (Å²) in [5.41, 5.74) is -0.305. The quantitative estimate of drug-likeness (QED) is 0.641. The Bertz CT molecular complexity index is 967. The molecule has 5 nitrogen and oxygen atoms in total. The molecular weight excluding hydrogens is 417 g/mol. The molecule has 0 aromatic carbocycles. The van der Waals surface area contributed by atoms with Crippen LogP contribution in [0.25, 0.3) is 0 Å². The van der Waals surface area contributed by atoms with Gasteiger partial charge in [-0.25, -0.2) is 4.98 Å². The van der Waals surface area contributed by atoms with E-state index in [1.807, 2.05) is 18.3 Å². The first-order chi connectivity index (χ1) is 15.4. The summed E-state index contributed by atoms with van der Waals surface area (Å²) in [6.45, 7) is 1.58. The predicted molar refractivity (Wildman–Crippen MR) is 113 cm³/mol. The first-order valence-electron chi connectivity index (χ1n) is 11.1. The lowest BCUT2D eigenvalue weighted by atomic mass is 9.68. The highest BCUT2D eigenvalue weighted by Gasteiger charge is 2.48. The lowest BCUT2D eigenvalue weighted by Crippen LogP contribution is -2.47. The van der Waals surface area contributed by atoms with Gasteiger partial charge in [0.15, 0.2) is 5.69 Å². The van der Waals surface area contributed by atoms with E-state index in [1.54, 1.807) is 0 Å². The Labute approximate surface area is 186 Å². The summed E-state index contributed by atoms with van der Waals surface area (Å²) in [4.78, 5) is 8.37. The summed E-state index contributed by atoms with van der Waals surface area (Å²) in [6.07, 6.45) is 5.70. The van der Waals surface area contributed by atoms with Crippen LogP contribution in [0.4, 0.5) is 13.2 Å². The maximum atomic E-state index is 13.2. The van der Waals surface area contributed by atoms with E-state index in [1.165, 1.54) is 25.1 Å². The third-order valence-corrected chi connectivity index (χ3v) is 6.84. The van der Waals surface area contributed by atoms with E-state index in [0.29, 0.717) is 18.7 Å². The van der Waals surface area contributed by atoms with Crippen molar-refractivity contribution in [1.29, 1.82) is 5.26 Å². The van der Waals surface area contributed by atoms with Gasteiger partial charge in [-0.2, -0.15) is 18.4 Å². The lowest BCUT2D eigenvalue weighted by Gasteiger charge is -2.46. The molecule has 0 radical (unpaired) electrons. The molecule has 1 aliphatic heterocycles. The Morgan fingerprint density at radius 3 is 2.66 bits per heavy atom. The first kappa shape index (κ1) is 22.7. The first-order valence-corrected chi connectivity index (χ1v) is 11.1. The second-order valence-electron chi connectivity index (χ2n) is 8.94.